The molecule has 31 heavy (non-hydrogen) atoms. The number of allylic oxidation sites excluding steroid dienone is 1. The first-order chi connectivity index (χ1) is 14.6. The third-order valence-corrected chi connectivity index (χ3v) is 4.08. The number of hydrogen-bond acceptors (Lipinski definition) is 11. The van der Waals surface area contributed by atoms with Crippen LogP contribution in [0.3, 0.4) is 0 Å². The van der Waals surface area contributed by atoms with Gasteiger partial charge < -0.3 is 33.2 Å². The van der Waals surface area contributed by atoms with Gasteiger partial charge in [0, 0.05) is 33.8 Å². The van der Waals surface area contributed by atoms with Crippen LogP contribution < -0.4 is 0 Å². The minimum atomic E-state index is -1.52. The topological polar surface area (TPSA) is 133 Å². The predicted octanol–water partition coefficient (Wildman–Crippen LogP) is 1.02. The minimum Gasteiger partial charge on any atom is -0.467 e. The Hall–Kier alpha value is -2.50. The average molecular weight is 446 g/mol. The van der Waals surface area contributed by atoms with E-state index >= 15 is 0 Å². The van der Waals surface area contributed by atoms with E-state index in [1.807, 2.05) is 0 Å². The largest absolute Gasteiger partial charge is 0.467 e. The molecule has 0 N–H and O–H groups in total. The normalized spacial score (nSPS) is 26.3. The second-order valence-electron chi connectivity index (χ2n) is 6.56. The van der Waals surface area contributed by atoms with Gasteiger partial charge in [-0.25, -0.2) is 4.79 Å². The lowest BCUT2D eigenvalue weighted by atomic mass is 9.97. The molecule has 1 rings (SSSR count). The molecule has 176 valence electrons. The number of carbonyl (C=O) groups excluding carboxylic acids is 4. The van der Waals surface area contributed by atoms with Crippen molar-refractivity contribution in [1.29, 1.82) is 0 Å². The Morgan fingerprint density at radius 3 is 2.00 bits per heavy atom. The highest BCUT2D eigenvalue weighted by molar-refractivity contribution is 5.77. The SMILES string of the molecule is C=CCCC(OCC)O[C@@H]1O[C@H](C(=O)OC)[C@@H](OC(C)=O)[C@H](OC(C)=O)[C@H]1OC(C)=O. The maximum Gasteiger partial charge on any atom is 0.339 e. The Balaban J connectivity index is 3.38. The van der Waals surface area contributed by atoms with Gasteiger partial charge in [0.1, 0.15) is 0 Å². The fraction of sp³-hybridized carbons (Fsp3) is 0.700. The van der Waals surface area contributed by atoms with Crippen molar-refractivity contribution in [2.45, 2.75) is 77.5 Å². The van der Waals surface area contributed by atoms with Crippen molar-refractivity contribution in [3.63, 3.8) is 0 Å². The molecule has 0 aliphatic carbocycles. The minimum absolute atomic E-state index is 0.302. The van der Waals surface area contributed by atoms with Crippen LogP contribution in [0.15, 0.2) is 12.7 Å². The molecule has 0 amide bonds. The summed E-state index contributed by atoms with van der Waals surface area (Å²) in [5.41, 5.74) is 0. The van der Waals surface area contributed by atoms with Gasteiger partial charge >= 0.3 is 23.9 Å². The zero-order valence-electron chi connectivity index (χ0n) is 18.4. The van der Waals surface area contributed by atoms with E-state index in [2.05, 4.69) is 6.58 Å². The lowest BCUT2D eigenvalue weighted by Gasteiger charge is -2.43. The van der Waals surface area contributed by atoms with Crippen molar-refractivity contribution in [3.05, 3.63) is 12.7 Å². The van der Waals surface area contributed by atoms with Gasteiger partial charge in [0.15, 0.2) is 30.7 Å². The molecule has 0 bridgehead atoms. The first kappa shape index (κ1) is 26.5. The Morgan fingerprint density at radius 2 is 1.52 bits per heavy atom. The Kier molecular flexibility index (Phi) is 11.2. The van der Waals surface area contributed by atoms with E-state index in [9.17, 15) is 19.2 Å². The van der Waals surface area contributed by atoms with E-state index in [1.165, 1.54) is 0 Å². The number of hydrogen-bond donors (Lipinski definition) is 0. The molecule has 0 aromatic heterocycles. The molecule has 0 aromatic carbocycles. The highest BCUT2D eigenvalue weighted by Crippen LogP contribution is 2.31. The van der Waals surface area contributed by atoms with Crippen LogP contribution >= 0.6 is 0 Å². The molecule has 6 atom stereocenters. The molecular formula is C20H30O11. The molecule has 1 aliphatic rings. The number of methoxy groups -OCH3 is 1. The summed E-state index contributed by atoms with van der Waals surface area (Å²) in [5.74, 6) is -3.19. The van der Waals surface area contributed by atoms with E-state index in [4.69, 9.17) is 33.2 Å². The highest BCUT2D eigenvalue weighted by Gasteiger charge is 2.55. The Morgan fingerprint density at radius 1 is 0.968 bits per heavy atom. The summed E-state index contributed by atoms with van der Waals surface area (Å²) in [5, 5.41) is 0. The van der Waals surface area contributed by atoms with Crippen LogP contribution in [-0.4, -0.2) is 74.6 Å². The molecule has 0 spiro atoms. The van der Waals surface area contributed by atoms with Crippen molar-refractivity contribution in [2.24, 2.45) is 0 Å². The van der Waals surface area contributed by atoms with Gasteiger partial charge in [-0.15, -0.1) is 6.58 Å². The molecule has 1 heterocycles. The molecule has 0 saturated carbocycles. The fourth-order valence-electron chi connectivity index (χ4n) is 2.97. The van der Waals surface area contributed by atoms with Crippen LogP contribution in [0.25, 0.3) is 0 Å². The number of esters is 4. The molecular weight excluding hydrogens is 416 g/mol. The molecule has 1 unspecified atom stereocenters. The summed E-state index contributed by atoms with van der Waals surface area (Å²) in [6.07, 6.45) is -5.35. The smallest absolute Gasteiger partial charge is 0.339 e. The van der Waals surface area contributed by atoms with E-state index in [0.29, 0.717) is 19.4 Å². The van der Waals surface area contributed by atoms with E-state index in [0.717, 1.165) is 27.9 Å². The fourth-order valence-corrected chi connectivity index (χ4v) is 2.97. The van der Waals surface area contributed by atoms with Crippen LogP contribution in [0.2, 0.25) is 0 Å². The van der Waals surface area contributed by atoms with Crippen molar-refractivity contribution < 1.29 is 52.3 Å². The van der Waals surface area contributed by atoms with Gasteiger partial charge in [-0.05, 0) is 13.3 Å². The van der Waals surface area contributed by atoms with Gasteiger partial charge in [0.25, 0.3) is 0 Å². The highest BCUT2D eigenvalue weighted by atomic mass is 16.8. The standard InChI is InChI=1S/C20H30O11/c1-7-9-10-14(26-8-2)30-20-18(29-13(5)23)16(28-12(4)22)15(27-11(3)21)17(31-20)19(24)25-6/h7,14-18,20H,1,8-10H2,2-6H3/t14?,15-,16-,17-,18+,20+/m0/s1. The van der Waals surface area contributed by atoms with Crippen LogP contribution in [0.1, 0.15) is 40.5 Å². The summed E-state index contributed by atoms with van der Waals surface area (Å²) in [6.45, 7) is 9.05. The summed E-state index contributed by atoms with van der Waals surface area (Å²) in [4.78, 5) is 47.5. The second-order valence-corrected chi connectivity index (χ2v) is 6.56. The lowest BCUT2D eigenvalue weighted by Crippen LogP contribution is -2.64. The maximum absolute atomic E-state index is 12.4. The van der Waals surface area contributed by atoms with Crippen molar-refractivity contribution in [1.82, 2.24) is 0 Å². The molecule has 1 aliphatic heterocycles. The average Bonchev–Trinajstić information content (AvgIpc) is 2.68. The molecule has 0 radical (unpaired) electrons. The molecule has 1 fully saturated rings. The second kappa shape index (κ2) is 13.0. The summed E-state index contributed by atoms with van der Waals surface area (Å²) in [6, 6.07) is 0. The number of rotatable bonds is 11. The maximum atomic E-state index is 12.4. The number of ether oxygens (including phenoxy) is 7. The van der Waals surface area contributed by atoms with Crippen molar-refractivity contribution in [2.75, 3.05) is 13.7 Å². The summed E-state index contributed by atoms with van der Waals surface area (Å²) >= 11 is 0. The first-order valence-electron chi connectivity index (χ1n) is 9.77. The van der Waals surface area contributed by atoms with Crippen molar-refractivity contribution >= 4 is 23.9 Å². The van der Waals surface area contributed by atoms with Gasteiger partial charge in [-0.3, -0.25) is 14.4 Å². The van der Waals surface area contributed by atoms with Gasteiger partial charge in [-0.2, -0.15) is 0 Å². The molecule has 11 heteroatoms. The zero-order valence-corrected chi connectivity index (χ0v) is 18.4. The molecule has 0 aromatic rings. The summed E-state index contributed by atoms with van der Waals surface area (Å²) in [7, 11) is 1.11. The summed E-state index contributed by atoms with van der Waals surface area (Å²) < 4.78 is 37.5. The van der Waals surface area contributed by atoms with Crippen LogP contribution in [0.4, 0.5) is 0 Å². The van der Waals surface area contributed by atoms with E-state index in [-0.39, 0.29) is 0 Å². The first-order valence-corrected chi connectivity index (χ1v) is 9.77. The Bertz CT molecular complexity index is 647. The van der Waals surface area contributed by atoms with Gasteiger partial charge in [-0.1, -0.05) is 6.08 Å². The van der Waals surface area contributed by atoms with E-state index < -0.39 is 60.9 Å². The molecule has 11 nitrogen and oxygen atoms in total. The molecule has 1 saturated heterocycles. The van der Waals surface area contributed by atoms with Crippen LogP contribution in [0.5, 0.6) is 0 Å². The zero-order chi connectivity index (χ0) is 23.6. The Labute approximate surface area is 180 Å². The van der Waals surface area contributed by atoms with Gasteiger partial charge in [0.2, 0.25) is 6.29 Å². The van der Waals surface area contributed by atoms with Crippen LogP contribution in [0, 0.1) is 0 Å². The third-order valence-electron chi connectivity index (χ3n) is 4.08. The monoisotopic (exact) mass is 446 g/mol. The van der Waals surface area contributed by atoms with E-state index in [1.54, 1.807) is 13.0 Å². The van der Waals surface area contributed by atoms with Crippen LogP contribution in [-0.2, 0) is 52.3 Å². The number of carbonyl (C=O) groups is 4. The third kappa shape index (κ3) is 8.27. The van der Waals surface area contributed by atoms with Crippen molar-refractivity contribution in [3.8, 4) is 0 Å². The lowest BCUT2D eigenvalue weighted by molar-refractivity contribution is -0.334. The predicted molar refractivity (Wildman–Crippen MR) is 103 cm³/mol. The quantitative estimate of drug-likeness (QED) is 0.195. The van der Waals surface area contributed by atoms with Gasteiger partial charge in [0.05, 0.1) is 7.11 Å².